The Kier molecular flexibility index (Phi) is 8.19. The standard InChI is InChI=1S/C38H41BO6/c1-36(2)42-26-33(43-36)31-25-32(31)39-44-34(37(40-3,27-17-9-5-10-18-27)28-19-11-6-12-20-28)35(45-39)38(41-4,29-21-13-7-14-22-29)30-23-15-8-16-24-30/h5-24,31-35H,25-26H2,1-4H3/t31-,32-,33-,34+,35+/m1/s1. The summed E-state index contributed by atoms with van der Waals surface area (Å²) < 4.78 is 40.2. The number of hydrogen-bond donors (Lipinski definition) is 0. The Bertz CT molecular complexity index is 1370. The Morgan fingerprint density at radius 3 is 1.31 bits per heavy atom. The van der Waals surface area contributed by atoms with Gasteiger partial charge in [0.05, 0.1) is 12.7 Å². The lowest BCUT2D eigenvalue weighted by Gasteiger charge is -2.47. The van der Waals surface area contributed by atoms with E-state index in [1.807, 2.05) is 86.6 Å². The van der Waals surface area contributed by atoms with Crippen LogP contribution in [-0.4, -0.2) is 52.0 Å². The summed E-state index contributed by atoms with van der Waals surface area (Å²) in [5, 5.41) is 0. The van der Waals surface area contributed by atoms with Crippen molar-refractivity contribution in [1.82, 2.24) is 0 Å². The van der Waals surface area contributed by atoms with Crippen LogP contribution in [0.3, 0.4) is 0 Å². The first-order valence-electron chi connectivity index (χ1n) is 15.9. The van der Waals surface area contributed by atoms with E-state index in [1.54, 1.807) is 14.2 Å². The average Bonchev–Trinajstić information content (AvgIpc) is 3.63. The molecule has 0 N–H and O–H groups in total. The first-order chi connectivity index (χ1) is 21.9. The summed E-state index contributed by atoms with van der Waals surface area (Å²) in [4.78, 5) is 0. The van der Waals surface area contributed by atoms with Crippen molar-refractivity contribution in [3.05, 3.63) is 144 Å². The molecule has 2 heterocycles. The molecule has 3 aliphatic rings. The first-order valence-corrected chi connectivity index (χ1v) is 15.9. The van der Waals surface area contributed by atoms with Gasteiger partial charge in [0.2, 0.25) is 0 Å². The zero-order valence-electron chi connectivity index (χ0n) is 26.4. The third-order valence-corrected chi connectivity index (χ3v) is 9.84. The second-order valence-corrected chi connectivity index (χ2v) is 12.8. The van der Waals surface area contributed by atoms with Crippen molar-refractivity contribution in [3.63, 3.8) is 0 Å². The predicted molar refractivity (Wildman–Crippen MR) is 174 cm³/mol. The van der Waals surface area contributed by atoms with Gasteiger partial charge in [-0.15, -0.1) is 0 Å². The SMILES string of the molecule is COC(c1ccccc1)(c1ccccc1)[C@H]1OB([C@@H]2C[C@H]2[C@H]2COC(C)(C)O2)O[C@@H]1C(OC)(c1ccccc1)c1ccccc1. The summed E-state index contributed by atoms with van der Waals surface area (Å²) in [6, 6.07) is 41.3. The fourth-order valence-corrected chi connectivity index (χ4v) is 7.62. The molecule has 0 radical (unpaired) electrons. The molecule has 0 spiro atoms. The molecule has 232 valence electrons. The highest BCUT2D eigenvalue weighted by atomic mass is 16.7. The first kappa shape index (κ1) is 30.4. The molecule has 2 saturated heterocycles. The highest BCUT2D eigenvalue weighted by Gasteiger charge is 2.66. The van der Waals surface area contributed by atoms with Gasteiger partial charge in [0.15, 0.2) is 5.79 Å². The summed E-state index contributed by atoms with van der Waals surface area (Å²) in [7, 11) is 3.03. The van der Waals surface area contributed by atoms with Crippen LogP contribution in [0.4, 0.5) is 0 Å². The Balaban J connectivity index is 1.40. The lowest BCUT2D eigenvalue weighted by Crippen LogP contribution is -2.56. The molecule has 7 heteroatoms. The second kappa shape index (κ2) is 12.1. The quantitative estimate of drug-likeness (QED) is 0.182. The zero-order valence-corrected chi connectivity index (χ0v) is 26.4. The smallest absolute Gasteiger partial charge is 0.402 e. The maximum absolute atomic E-state index is 7.23. The number of hydrogen-bond acceptors (Lipinski definition) is 6. The lowest BCUT2D eigenvalue weighted by atomic mass is 9.71. The third-order valence-electron chi connectivity index (χ3n) is 9.84. The van der Waals surface area contributed by atoms with Gasteiger partial charge in [-0.2, -0.15) is 0 Å². The minimum absolute atomic E-state index is 0.000517. The van der Waals surface area contributed by atoms with Crippen LogP contribution >= 0.6 is 0 Å². The van der Waals surface area contributed by atoms with Crippen LogP contribution in [0, 0.1) is 5.92 Å². The molecule has 45 heavy (non-hydrogen) atoms. The van der Waals surface area contributed by atoms with E-state index < -0.39 is 36.3 Å². The third kappa shape index (κ3) is 5.26. The molecule has 5 atom stereocenters. The number of ether oxygens (including phenoxy) is 4. The van der Waals surface area contributed by atoms with Crippen molar-refractivity contribution in [2.24, 2.45) is 5.92 Å². The van der Waals surface area contributed by atoms with Crippen molar-refractivity contribution < 1.29 is 28.3 Å². The molecule has 0 bridgehead atoms. The Morgan fingerprint density at radius 1 is 0.622 bits per heavy atom. The van der Waals surface area contributed by atoms with Gasteiger partial charge in [-0.05, 0) is 54.3 Å². The lowest BCUT2D eigenvalue weighted by molar-refractivity contribution is -0.140. The highest BCUT2D eigenvalue weighted by molar-refractivity contribution is 6.48. The van der Waals surface area contributed by atoms with Gasteiger partial charge in [-0.3, -0.25) is 0 Å². The van der Waals surface area contributed by atoms with Crippen LogP contribution in [0.25, 0.3) is 0 Å². The van der Waals surface area contributed by atoms with Gasteiger partial charge in [0.25, 0.3) is 0 Å². The number of rotatable bonds is 10. The number of benzene rings is 4. The highest BCUT2D eigenvalue weighted by Crippen LogP contribution is 2.58. The number of methoxy groups -OCH3 is 2. The van der Waals surface area contributed by atoms with Crippen molar-refractivity contribution in [3.8, 4) is 0 Å². The molecule has 4 aromatic carbocycles. The van der Waals surface area contributed by atoms with E-state index in [1.165, 1.54) is 0 Å². The maximum Gasteiger partial charge on any atom is 0.461 e. The van der Waals surface area contributed by atoms with Crippen molar-refractivity contribution in [1.29, 1.82) is 0 Å². The van der Waals surface area contributed by atoms with Crippen LogP contribution in [0.1, 0.15) is 42.5 Å². The maximum atomic E-state index is 7.23. The molecule has 0 unspecified atom stereocenters. The zero-order chi connectivity index (χ0) is 31.1. The van der Waals surface area contributed by atoms with Crippen LogP contribution < -0.4 is 0 Å². The van der Waals surface area contributed by atoms with E-state index in [-0.39, 0.29) is 17.8 Å². The van der Waals surface area contributed by atoms with E-state index in [2.05, 4.69) is 48.5 Å². The minimum atomic E-state index is -1.02. The van der Waals surface area contributed by atoms with Crippen LogP contribution in [0.2, 0.25) is 5.82 Å². The van der Waals surface area contributed by atoms with Gasteiger partial charge in [0, 0.05) is 14.2 Å². The predicted octanol–water partition coefficient (Wildman–Crippen LogP) is 6.98. The summed E-state index contributed by atoms with van der Waals surface area (Å²) in [6.45, 7) is 4.51. The Hall–Kier alpha value is -3.30. The Morgan fingerprint density at radius 2 is 1.00 bits per heavy atom. The fraction of sp³-hybridized carbons (Fsp3) is 0.368. The van der Waals surface area contributed by atoms with Gasteiger partial charge < -0.3 is 28.3 Å². The molecule has 0 aromatic heterocycles. The minimum Gasteiger partial charge on any atom is -0.402 e. The van der Waals surface area contributed by atoms with E-state index in [9.17, 15) is 0 Å². The van der Waals surface area contributed by atoms with Crippen LogP contribution in [0.5, 0.6) is 0 Å². The van der Waals surface area contributed by atoms with Crippen LogP contribution in [0.15, 0.2) is 121 Å². The van der Waals surface area contributed by atoms with E-state index in [4.69, 9.17) is 28.3 Å². The molecular weight excluding hydrogens is 563 g/mol. The molecule has 7 rings (SSSR count). The molecular formula is C38H41BO6. The molecule has 4 aromatic rings. The largest absolute Gasteiger partial charge is 0.461 e. The molecule has 2 aliphatic heterocycles. The van der Waals surface area contributed by atoms with Crippen molar-refractivity contribution >= 4 is 7.12 Å². The van der Waals surface area contributed by atoms with Gasteiger partial charge in [-0.1, -0.05) is 121 Å². The average molecular weight is 605 g/mol. The molecule has 0 amide bonds. The van der Waals surface area contributed by atoms with Crippen molar-refractivity contribution in [2.75, 3.05) is 20.8 Å². The monoisotopic (exact) mass is 604 g/mol. The summed E-state index contributed by atoms with van der Waals surface area (Å²) in [5.74, 6) is -0.174. The summed E-state index contributed by atoms with van der Waals surface area (Å²) in [5.41, 5.74) is 1.87. The van der Waals surface area contributed by atoms with Crippen LogP contribution in [-0.2, 0) is 39.5 Å². The normalized spacial score (nSPS) is 26.2. The Labute approximate surface area is 266 Å². The van der Waals surface area contributed by atoms with Gasteiger partial charge in [0.1, 0.15) is 23.4 Å². The van der Waals surface area contributed by atoms with Crippen molar-refractivity contribution in [2.45, 2.75) is 61.4 Å². The topological polar surface area (TPSA) is 55.4 Å². The van der Waals surface area contributed by atoms with Gasteiger partial charge >= 0.3 is 7.12 Å². The van der Waals surface area contributed by atoms with Gasteiger partial charge in [-0.25, -0.2) is 0 Å². The molecule has 1 aliphatic carbocycles. The summed E-state index contributed by atoms with van der Waals surface area (Å²) >= 11 is 0. The molecule has 1 saturated carbocycles. The fourth-order valence-electron chi connectivity index (χ4n) is 7.62. The van der Waals surface area contributed by atoms with E-state index >= 15 is 0 Å². The van der Waals surface area contributed by atoms with E-state index in [0.29, 0.717) is 6.61 Å². The second-order valence-electron chi connectivity index (χ2n) is 12.8. The molecule has 3 fully saturated rings. The summed E-state index contributed by atoms with van der Waals surface area (Å²) in [6.07, 6.45) is -0.269. The molecule has 6 nitrogen and oxygen atoms in total. The van der Waals surface area contributed by atoms with E-state index in [0.717, 1.165) is 28.7 Å².